The fraction of sp³-hybridized carbons (Fsp3) is 0.769. The molecule has 0 atom stereocenters. The molecule has 0 bridgehead atoms. The van der Waals surface area contributed by atoms with E-state index in [1.165, 1.54) is 25.7 Å². The first-order valence-electron chi connectivity index (χ1n) is 6.43. The largest absolute Gasteiger partial charge is 0.353 e. The number of rotatable bonds is 5. The SMILES string of the molecule is CSC(C)(C)Cn1ccnc1NC1CCCC1. The number of nitrogens with zero attached hydrogens (tertiary/aromatic N) is 2. The van der Waals surface area contributed by atoms with Gasteiger partial charge in [-0.15, -0.1) is 0 Å². The highest BCUT2D eigenvalue weighted by Gasteiger charge is 2.20. The van der Waals surface area contributed by atoms with Gasteiger partial charge in [-0.2, -0.15) is 11.8 Å². The van der Waals surface area contributed by atoms with Crippen molar-refractivity contribution in [3.8, 4) is 0 Å². The lowest BCUT2D eigenvalue weighted by Crippen LogP contribution is -2.25. The first-order chi connectivity index (χ1) is 8.11. The van der Waals surface area contributed by atoms with E-state index in [0.29, 0.717) is 6.04 Å². The van der Waals surface area contributed by atoms with Gasteiger partial charge < -0.3 is 9.88 Å². The van der Waals surface area contributed by atoms with Crippen molar-refractivity contribution in [2.45, 2.75) is 56.9 Å². The monoisotopic (exact) mass is 253 g/mol. The van der Waals surface area contributed by atoms with Gasteiger partial charge in [0.05, 0.1) is 0 Å². The smallest absolute Gasteiger partial charge is 0.203 e. The maximum absolute atomic E-state index is 4.44. The molecular formula is C13H23N3S. The highest BCUT2D eigenvalue weighted by atomic mass is 32.2. The minimum atomic E-state index is 0.257. The molecule has 1 aliphatic rings. The van der Waals surface area contributed by atoms with Gasteiger partial charge in [-0.1, -0.05) is 12.8 Å². The van der Waals surface area contributed by atoms with Crippen LogP contribution in [-0.4, -0.2) is 26.6 Å². The topological polar surface area (TPSA) is 29.9 Å². The molecule has 3 nitrogen and oxygen atoms in total. The van der Waals surface area contributed by atoms with Gasteiger partial charge in [0.2, 0.25) is 5.95 Å². The summed E-state index contributed by atoms with van der Waals surface area (Å²) in [6.45, 7) is 5.55. The van der Waals surface area contributed by atoms with E-state index >= 15 is 0 Å². The van der Waals surface area contributed by atoms with Crippen molar-refractivity contribution in [1.82, 2.24) is 9.55 Å². The Morgan fingerprint density at radius 3 is 2.82 bits per heavy atom. The predicted molar refractivity (Wildman–Crippen MR) is 75.7 cm³/mol. The van der Waals surface area contributed by atoms with Crippen molar-refractivity contribution in [2.24, 2.45) is 0 Å². The number of hydrogen-bond acceptors (Lipinski definition) is 3. The molecule has 0 amide bonds. The molecule has 1 aromatic rings. The Morgan fingerprint density at radius 1 is 1.47 bits per heavy atom. The zero-order valence-corrected chi connectivity index (χ0v) is 11.9. The van der Waals surface area contributed by atoms with Crippen molar-refractivity contribution < 1.29 is 0 Å². The average Bonchev–Trinajstić information content (AvgIpc) is 2.92. The molecule has 4 heteroatoms. The molecule has 1 aromatic heterocycles. The summed E-state index contributed by atoms with van der Waals surface area (Å²) in [6.07, 6.45) is 11.4. The van der Waals surface area contributed by atoms with E-state index in [2.05, 4.69) is 41.2 Å². The fourth-order valence-corrected chi connectivity index (χ4v) is 2.57. The summed E-state index contributed by atoms with van der Waals surface area (Å²) in [4.78, 5) is 4.44. The summed E-state index contributed by atoms with van der Waals surface area (Å²) in [7, 11) is 0. The number of nitrogens with one attached hydrogen (secondary N) is 1. The Morgan fingerprint density at radius 2 is 2.18 bits per heavy atom. The maximum atomic E-state index is 4.44. The van der Waals surface area contributed by atoms with Gasteiger partial charge in [0.15, 0.2) is 0 Å². The molecule has 0 radical (unpaired) electrons. The van der Waals surface area contributed by atoms with Gasteiger partial charge in [0.1, 0.15) is 0 Å². The third kappa shape index (κ3) is 3.41. The molecule has 17 heavy (non-hydrogen) atoms. The van der Waals surface area contributed by atoms with Gasteiger partial charge in [-0.25, -0.2) is 4.98 Å². The van der Waals surface area contributed by atoms with E-state index in [1.807, 2.05) is 18.0 Å². The zero-order valence-electron chi connectivity index (χ0n) is 11.1. The van der Waals surface area contributed by atoms with Crippen molar-refractivity contribution in [3.63, 3.8) is 0 Å². The van der Waals surface area contributed by atoms with Crippen molar-refractivity contribution in [2.75, 3.05) is 11.6 Å². The number of anilines is 1. The van der Waals surface area contributed by atoms with Gasteiger partial charge in [0, 0.05) is 29.7 Å². The standard InChI is InChI=1S/C13H23N3S/c1-13(2,17-3)10-16-9-8-14-12(16)15-11-6-4-5-7-11/h8-9,11H,4-7,10H2,1-3H3,(H,14,15). The average molecular weight is 253 g/mol. The Kier molecular flexibility index (Phi) is 4.02. The third-order valence-electron chi connectivity index (χ3n) is 3.51. The molecule has 1 aliphatic carbocycles. The first kappa shape index (κ1) is 12.8. The quantitative estimate of drug-likeness (QED) is 0.872. The van der Waals surface area contributed by atoms with Gasteiger partial charge in [-0.3, -0.25) is 0 Å². The van der Waals surface area contributed by atoms with E-state index in [1.54, 1.807) is 0 Å². The van der Waals surface area contributed by atoms with Crippen molar-refractivity contribution in [1.29, 1.82) is 0 Å². The van der Waals surface area contributed by atoms with E-state index in [9.17, 15) is 0 Å². The number of imidazole rings is 1. The highest BCUT2D eigenvalue weighted by molar-refractivity contribution is 7.99. The normalized spacial score (nSPS) is 17.6. The molecule has 1 saturated carbocycles. The number of hydrogen-bond donors (Lipinski definition) is 1. The molecule has 1 heterocycles. The lowest BCUT2D eigenvalue weighted by molar-refractivity contribution is 0.567. The first-order valence-corrected chi connectivity index (χ1v) is 7.66. The van der Waals surface area contributed by atoms with Crippen molar-refractivity contribution >= 4 is 17.7 Å². The Balaban J connectivity index is 2.00. The molecule has 1 N–H and O–H groups in total. The van der Waals surface area contributed by atoms with Gasteiger partial charge >= 0.3 is 0 Å². The minimum absolute atomic E-state index is 0.257. The van der Waals surface area contributed by atoms with Crippen LogP contribution in [0.25, 0.3) is 0 Å². The molecule has 1 fully saturated rings. The Hall–Kier alpha value is -0.640. The molecule has 0 aromatic carbocycles. The van der Waals surface area contributed by atoms with Gasteiger partial charge in [-0.05, 0) is 32.9 Å². The zero-order chi connectivity index (χ0) is 12.3. The molecule has 0 saturated heterocycles. The second-order valence-electron chi connectivity index (χ2n) is 5.47. The summed E-state index contributed by atoms with van der Waals surface area (Å²) >= 11 is 1.90. The van der Waals surface area contributed by atoms with Crippen molar-refractivity contribution in [3.05, 3.63) is 12.4 Å². The van der Waals surface area contributed by atoms with Crippen LogP contribution in [-0.2, 0) is 6.54 Å². The molecule has 2 rings (SSSR count). The molecule has 0 spiro atoms. The second kappa shape index (κ2) is 5.34. The van der Waals surface area contributed by atoms with Crippen LogP contribution in [0.15, 0.2) is 12.4 Å². The summed E-state index contributed by atoms with van der Waals surface area (Å²) in [5, 5.41) is 3.58. The van der Waals surface area contributed by atoms with Crippen LogP contribution in [0.5, 0.6) is 0 Å². The second-order valence-corrected chi connectivity index (χ2v) is 6.98. The minimum Gasteiger partial charge on any atom is -0.353 e. The third-order valence-corrected chi connectivity index (χ3v) is 4.74. The number of thioether (sulfide) groups is 1. The fourth-order valence-electron chi connectivity index (χ4n) is 2.30. The maximum Gasteiger partial charge on any atom is 0.203 e. The number of aromatic nitrogens is 2. The predicted octanol–water partition coefficient (Wildman–Crippen LogP) is 3.38. The highest BCUT2D eigenvalue weighted by Crippen LogP contribution is 2.26. The summed E-state index contributed by atoms with van der Waals surface area (Å²) < 4.78 is 2.50. The lowest BCUT2D eigenvalue weighted by Gasteiger charge is -2.24. The van der Waals surface area contributed by atoms with E-state index in [0.717, 1.165) is 12.5 Å². The van der Waals surface area contributed by atoms with Crippen LogP contribution >= 0.6 is 11.8 Å². The summed E-state index contributed by atoms with van der Waals surface area (Å²) in [5.74, 6) is 1.04. The summed E-state index contributed by atoms with van der Waals surface area (Å²) in [6, 6.07) is 0.633. The van der Waals surface area contributed by atoms with E-state index < -0.39 is 0 Å². The van der Waals surface area contributed by atoms with Crippen LogP contribution < -0.4 is 5.32 Å². The van der Waals surface area contributed by atoms with E-state index in [-0.39, 0.29) is 4.75 Å². The lowest BCUT2D eigenvalue weighted by atomic mass is 10.2. The van der Waals surface area contributed by atoms with Crippen LogP contribution in [0.1, 0.15) is 39.5 Å². The van der Waals surface area contributed by atoms with Crippen LogP contribution in [0.2, 0.25) is 0 Å². The van der Waals surface area contributed by atoms with Crippen LogP contribution in [0, 0.1) is 0 Å². The molecule has 0 unspecified atom stereocenters. The molecule has 96 valence electrons. The van der Waals surface area contributed by atoms with E-state index in [4.69, 9.17) is 0 Å². The Bertz CT molecular complexity index is 353. The van der Waals surface area contributed by atoms with Crippen LogP contribution in [0.3, 0.4) is 0 Å². The van der Waals surface area contributed by atoms with Gasteiger partial charge in [0.25, 0.3) is 0 Å². The molecular weight excluding hydrogens is 230 g/mol. The molecule has 0 aliphatic heterocycles. The Labute approximate surface area is 108 Å². The van der Waals surface area contributed by atoms with Crippen LogP contribution in [0.4, 0.5) is 5.95 Å². The summed E-state index contributed by atoms with van der Waals surface area (Å²) in [5.41, 5.74) is 0.